The first kappa shape index (κ1) is 20.5. The fraction of sp³-hybridized carbons (Fsp3) is 0.632. The van der Waals surface area contributed by atoms with Crippen molar-refractivity contribution in [1.29, 1.82) is 0 Å². The van der Waals surface area contributed by atoms with Gasteiger partial charge in [-0.05, 0) is 42.9 Å². The Morgan fingerprint density at radius 2 is 1.71 bits per heavy atom. The number of benzene rings is 1. The molecule has 0 fully saturated rings. The molecule has 0 heterocycles. The molecule has 5 nitrogen and oxygen atoms in total. The lowest BCUT2D eigenvalue weighted by atomic mass is 9.85. The molecule has 0 radical (unpaired) electrons. The molecular weight excluding hydrogens is 306 g/mol. The molecule has 136 valence electrons. The van der Waals surface area contributed by atoms with Crippen LogP contribution in [-0.4, -0.2) is 51.4 Å². The Balaban J connectivity index is 2.87. The average molecular weight is 337 g/mol. The topological polar surface area (TPSA) is 81.0 Å². The maximum atomic E-state index is 12.5. The summed E-state index contributed by atoms with van der Waals surface area (Å²) in [7, 11) is 0. The quantitative estimate of drug-likeness (QED) is 0.712. The largest absolute Gasteiger partial charge is 0.508 e. The van der Waals surface area contributed by atoms with Crippen LogP contribution in [0.4, 0.5) is 0 Å². The van der Waals surface area contributed by atoms with Gasteiger partial charge in [0.15, 0.2) is 0 Å². The highest BCUT2D eigenvalue weighted by Crippen LogP contribution is 2.31. The zero-order valence-electron chi connectivity index (χ0n) is 15.5. The summed E-state index contributed by atoms with van der Waals surface area (Å²) in [6.45, 7) is 9.47. The number of rotatable bonds is 7. The van der Waals surface area contributed by atoms with Gasteiger partial charge in [-0.2, -0.15) is 0 Å². The summed E-state index contributed by atoms with van der Waals surface area (Å²) in [5.41, 5.74) is 0.718. The van der Waals surface area contributed by atoms with E-state index in [4.69, 9.17) is 0 Å². The smallest absolute Gasteiger partial charge is 0.223 e. The van der Waals surface area contributed by atoms with Crippen LogP contribution in [0.1, 0.15) is 52.2 Å². The van der Waals surface area contributed by atoms with Gasteiger partial charge in [0.2, 0.25) is 5.91 Å². The molecule has 0 aliphatic carbocycles. The van der Waals surface area contributed by atoms with Crippen LogP contribution in [0, 0.1) is 0 Å². The van der Waals surface area contributed by atoms with Crippen molar-refractivity contribution in [2.24, 2.45) is 0 Å². The standard InChI is InChI=1S/C19H31NO4/c1-6-20(19(5,12-21)13-22)17(24)10-8-14-7-9-16(23)15(11-14)18(2,3)4/h7,9,11,21-23H,6,8,10,12-13H2,1-5H3. The van der Waals surface area contributed by atoms with Crippen molar-refractivity contribution < 1.29 is 20.1 Å². The molecule has 0 spiro atoms. The number of likely N-dealkylation sites (N-methyl/N-ethyl adjacent to an activating group) is 1. The van der Waals surface area contributed by atoms with Crippen LogP contribution >= 0.6 is 0 Å². The van der Waals surface area contributed by atoms with Crippen molar-refractivity contribution in [3.8, 4) is 5.75 Å². The first-order valence-corrected chi connectivity index (χ1v) is 8.43. The predicted octanol–water partition coefficient (Wildman–Crippen LogP) is 2.21. The number of carbonyl (C=O) groups excluding carboxylic acids is 1. The third-order valence-corrected chi connectivity index (χ3v) is 4.45. The molecular formula is C19H31NO4. The number of phenolic OH excluding ortho intramolecular Hbond substituents is 1. The van der Waals surface area contributed by atoms with E-state index in [0.29, 0.717) is 13.0 Å². The number of amides is 1. The molecule has 0 saturated heterocycles. The highest BCUT2D eigenvalue weighted by molar-refractivity contribution is 5.77. The average Bonchev–Trinajstić information content (AvgIpc) is 2.53. The van der Waals surface area contributed by atoms with Gasteiger partial charge in [0.25, 0.3) is 0 Å². The first-order valence-electron chi connectivity index (χ1n) is 8.43. The van der Waals surface area contributed by atoms with Crippen molar-refractivity contribution in [3.63, 3.8) is 0 Å². The lowest BCUT2D eigenvalue weighted by Crippen LogP contribution is -2.54. The number of aliphatic hydroxyl groups excluding tert-OH is 2. The molecule has 3 N–H and O–H groups in total. The van der Waals surface area contributed by atoms with Gasteiger partial charge < -0.3 is 20.2 Å². The highest BCUT2D eigenvalue weighted by atomic mass is 16.3. The Labute approximate surface area is 144 Å². The Hall–Kier alpha value is -1.59. The van der Waals surface area contributed by atoms with Gasteiger partial charge in [-0.15, -0.1) is 0 Å². The third-order valence-electron chi connectivity index (χ3n) is 4.45. The molecule has 0 bridgehead atoms. The number of aryl methyl sites for hydroxylation is 1. The summed E-state index contributed by atoms with van der Waals surface area (Å²) in [6.07, 6.45) is 0.837. The molecule has 0 aliphatic heterocycles. The second kappa shape index (κ2) is 7.99. The Morgan fingerprint density at radius 3 is 2.17 bits per heavy atom. The number of aliphatic hydroxyl groups is 2. The van der Waals surface area contributed by atoms with Crippen LogP contribution in [0.15, 0.2) is 18.2 Å². The normalized spacial score (nSPS) is 12.3. The van der Waals surface area contributed by atoms with Crippen LogP contribution in [0.2, 0.25) is 0 Å². The van der Waals surface area contributed by atoms with Gasteiger partial charge >= 0.3 is 0 Å². The number of carbonyl (C=O) groups is 1. The molecule has 0 aromatic heterocycles. The summed E-state index contributed by atoms with van der Waals surface area (Å²) in [6, 6.07) is 5.44. The Morgan fingerprint density at radius 1 is 1.12 bits per heavy atom. The summed E-state index contributed by atoms with van der Waals surface area (Å²) in [5.74, 6) is 0.161. The summed E-state index contributed by atoms with van der Waals surface area (Å²) >= 11 is 0. The molecule has 5 heteroatoms. The van der Waals surface area contributed by atoms with Gasteiger partial charge in [0.1, 0.15) is 5.75 Å². The van der Waals surface area contributed by atoms with E-state index in [1.54, 1.807) is 13.0 Å². The van der Waals surface area contributed by atoms with Gasteiger partial charge in [-0.25, -0.2) is 0 Å². The van der Waals surface area contributed by atoms with E-state index in [1.165, 1.54) is 4.90 Å². The van der Waals surface area contributed by atoms with Crippen molar-refractivity contribution in [1.82, 2.24) is 4.90 Å². The number of aromatic hydroxyl groups is 1. The van der Waals surface area contributed by atoms with E-state index in [0.717, 1.165) is 11.1 Å². The van der Waals surface area contributed by atoms with Crippen LogP contribution < -0.4 is 0 Å². The van der Waals surface area contributed by atoms with E-state index in [-0.39, 0.29) is 36.7 Å². The van der Waals surface area contributed by atoms with Crippen molar-refractivity contribution in [2.45, 2.75) is 58.4 Å². The molecule has 0 saturated carbocycles. The maximum absolute atomic E-state index is 12.5. The molecule has 0 unspecified atom stereocenters. The Kier molecular flexibility index (Phi) is 6.81. The number of hydrogen-bond acceptors (Lipinski definition) is 4. The van der Waals surface area contributed by atoms with Crippen LogP contribution in [-0.2, 0) is 16.6 Å². The second-order valence-corrected chi connectivity index (χ2v) is 7.55. The molecule has 1 amide bonds. The van der Waals surface area contributed by atoms with Gasteiger partial charge in [0.05, 0.1) is 18.8 Å². The van der Waals surface area contributed by atoms with Crippen LogP contribution in [0.3, 0.4) is 0 Å². The molecule has 0 atom stereocenters. The van der Waals surface area contributed by atoms with Crippen molar-refractivity contribution >= 4 is 5.91 Å². The van der Waals surface area contributed by atoms with E-state index >= 15 is 0 Å². The van der Waals surface area contributed by atoms with Crippen molar-refractivity contribution in [3.05, 3.63) is 29.3 Å². The number of hydrogen-bond donors (Lipinski definition) is 3. The number of nitrogens with zero attached hydrogens (tertiary/aromatic N) is 1. The lowest BCUT2D eigenvalue weighted by Gasteiger charge is -2.38. The lowest BCUT2D eigenvalue weighted by molar-refractivity contribution is -0.140. The van der Waals surface area contributed by atoms with Crippen LogP contribution in [0.25, 0.3) is 0 Å². The van der Waals surface area contributed by atoms with Gasteiger partial charge in [-0.3, -0.25) is 4.79 Å². The zero-order chi connectivity index (χ0) is 18.5. The minimum atomic E-state index is -0.947. The van der Waals surface area contributed by atoms with Crippen LogP contribution in [0.5, 0.6) is 5.75 Å². The third kappa shape index (κ3) is 4.71. The fourth-order valence-corrected chi connectivity index (χ4v) is 2.81. The summed E-state index contributed by atoms with van der Waals surface area (Å²) < 4.78 is 0. The van der Waals surface area contributed by atoms with Gasteiger partial charge in [-0.1, -0.05) is 32.9 Å². The molecule has 1 aromatic rings. The van der Waals surface area contributed by atoms with E-state index in [2.05, 4.69) is 0 Å². The van der Waals surface area contributed by atoms with E-state index < -0.39 is 5.54 Å². The predicted molar refractivity (Wildman–Crippen MR) is 95.1 cm³/mol. The van der Waals surface area contributed by atoms with E-state index in [1.807, 2.05) is 39.8 Å². The molecule has 1 aromatic carbocycles. The molecule has 1 rings (SSSR count). The minimum absolute atomic E-state index is 0.103. The monoisotopic (exact) mass is 337 g/mol. The zero-order valence-corrected chi connectivity index (χ0v) is 15.5. The molecule has 24 heavy (non-hydrogen) atoms. The molecule has 0 aliphatic rings. The van der Waals surface area contributed by atoms with Gasteiger partial charge in [0, 0.05) is 13.0 Å². The highest BCUT2D eigenvalue weighted by Gasteiger charge is 2.32. The summed E-state index contributed by atoms with van der Waals surface area (Å²) in [4.78, 5) is 14.0. The fourth-order valence-electron chi connectivity index (χ4n) is 2.81. The SMILES string of the molecule is CCN(C(=O)CCc1ccc(O)c(C(C)(C)C)c1)C(C)(CO)CO. The first-order chi connectivity index (χ1) is 11.1. The summed E-state index contributed by atoms with van der Waals surface area (Å²) in [5, 5.41) is 29.0. The Bertz CT molecular complexity index is 559. The second-order valence-electron chi connectivity index (χ2n) is 7.55. The van der Waals surface area contributed by atoms with Crippen molar-refractivity contribution in [2.75, 3.05) is 19.8 Å². The van der Waals surface area contributed by atoms with E-state index in [9.17, 15) is 20.1 Å². The minimum Gasteiger partial charge on any atom is -0.508 e. The maximum Gasteiger partial charge on any atom is 0.223 e. The number of phenols is 1.